The number of hydrogen-bond donors (Lipinski definition) is 0. The molecule has 8 heteroatoms. The summed E-state index contributed by atoms with van der Waals surface area (Å²) in [5.74, 6) is 0.766. The standard InChI is InChI=1S/C25H20N4O3S/c1-16(30)28-21-14-7-6-13-20(21)22-23(31)26-25(33-2)27-29(22)24(28)17-9-8-12-19(15-17)32-18-10-4-3-5-11-18/h3-15,24H,1-2H3. The predicted octanol–water partition coefficient (Wildman–Crippen LogP) is 3.93. The number of benzene rings is 3. The normalized spacial score (nSPS) is 14.4. The average molecular weight is 457 g/mol. The van der Waals surface area contributed by atoms with Crippen LogP contribution in [-0.4, -0.2) is 22.2 Å². The van der Waals surface area contributed by atoms with Gasteiger partial charge in [0.05, 0.1) is 17.1 Å². The van der Waals surface area contributed by atoms with Crippen LogP contribution in [0.15, 0.2) is 84.0 Å². The number of amides is 1. The summed E-state index contributed by atoms with van der Waals surface area (Å²) in [6.45, 7) is 1.51. The quantitative estimate of drug-likeness (QED) is 0.342. The molecule has 1 aromatic heterocycles. The maximum atomic E-state index is 13.1. The van der Waals surface area contributed by atoms with E-state index in [2.05, 4.69) is 10.1 Å². The molecule has 0 saturated carbocycles. The molecule has 0 spiro atoms. The van der Waals surface area contributed by atoms with E-state index in [1.165, 1.54) is 18.7 Å². The van der Waals surface area contributed by atoms with Gasteiger partial charge in [0.1, 0.15) is 11.5 Å². The van der Waals surface area contributed by atoms with Gasteiger partial charge in [-0.3, -0.25) is 4.79 Å². The summed E-state index contributed by atoms with van der Waals surface area (Å²) in [4.78, 5) is 18.7. The SMILES string of the molecule is CSc1nc([O-])c2[n+](n1)C(c1cccc(Oc3ccccc3)c1)N(C(C)=O)c1ccccc1-2. The fraction of sp³-hybridized carbons (Fsp3) is 0.120. The molecule has 0 fully saturated rings. The highest BCUT2D eigenvalue weighted by Crippen LogP contribution is 2.41. The first-order valence-electron chi connectivity index (χ1n) is 10.3. The minimum Gasteiger partial charge on any atom is -0.854 e. The first kappa shape index (κ1) is 21.0. The molecule has 1 atom stereocenters. The van der Waals surface area contributed by atoms with E-state index in [-0.39, 0.29) is 11.8 Å². The lowest BCUT2D eigenvalue weighted by Gasteiger charge is -2.32. The maximum absolute atomic E-state index is 13.1. The van der Waals surface area contributed by atoms with Crippen molar-refractivity contribution in [2.75, 3.05) is 11.2 Å². The third-order valence-corrected chi connectivity index (χ3v) is 5.91. The van der Waals surface area contributed by atoms with Crippen LogP contribution in [0, 0.1) is 0 Å². The Hall–Kier alpha value is -3.91. The van der Waals surface area contributed by atoms with Crippen LogP contribution in [-0.2, 0) is 4.79 Å². The first-order valence-corrected chi connectivity index (χ1v) is 11.6. The monoisotopic (exact) mass is 456 g/mol. The maximum Gasteiger partial charge on any atom is 0.293 e. The van der Waals surface area contributed by atoms with Crippen LogP contribution in [0.5, 0.6) is 17.4 Å². The van der Waals surface area contributed by atoms with E-state index in [0.717, 1.165) is 5.56 Å². The van der Waals surface area contributed by atoms with E-state index < -0.39 is 6.17 Å². The van der Waals surface area contributed by atoms with Crippen LogP contribution in [0.3, 0.4) is 0 Å². The summed E-state index contributed by atoms with van der Waals surface area (Å²) in [7, 11) is 0. The number of aromatic nitrogens is 3. The Morgan fingerprint density at radius 3 is 2.52 bits per heavy atom. The summed E-state index contributed by atoms with van der Waals surface area (Å²) in [5, 5.41) is 18.0. The number of ether oxygens (including phenoxy) is 1. The van der Waals surface area contributed by atoms with Crippen molar-refractivity contribution in [1.29, 1.82) is 0 Å². The number of nitrogens with zero attached hydrogens (tertiary/aromatic N) is 4. The van der Waals surface area contributed by atoms with Gasteiger partial charge in [0.25, 0.3) is 17.0 Å². The predicted molar refractivity (Wildman–Crippen MR) is 123 cm³/mol. The Morgan fingerprint density at radius 2 is 1.76 bits per heavy atom. The van der Waals surface area contributed by atoms with Crippen LogP contribution >= 0.6 is 11.8 Å². The highest BCUT2D eigenvalue weighted by molar-refractivity contribution is 7.98. The van der Waals surface area contributed by atoms with Gasteiger partial charge in [-0.15, -0.1) is 0 Å². The molecule has 0 radical (unpaired) electrons. The Balaban J connectivity index is 1.71. The van der Waals surface area contributed by atoms with Gasteiger partial charge < -0.3 is 9.84 Å². The lowest BCUT2D eigenvalue weighted by atomic mass is 10.0. The minimum atomic E-state index is -0.673. The summed E-state index contributed by atoms with van der Waals surface area (Å²) in [6, 6.07) is 24.3. The van der Waals surface area contributed by atoms with Gasteiger partial charge in [-0.2, -0.15) is 0 Å². The number of rotatable bonds is 4. The van der Waals surface area contributed by atoms with E-state index in [1.54, 1.807) is 9.58 Å². The van der Waals surface area contributed by atoms with Crippen LogP contribution in [0.25, 0.3) is 11.3 Å². The van der Waals surface area contributed by atoms with Crippen LogP contribution in [0.1, 0.15) is 18.7 Å². The Labute approximate surface area is 195 Å². The van der Waals surface area contributed by atoms with Gasteiger partial charge in [0.15, 0.2) is 0 Å². The number of hydrogen-bond acceptors (Lipinski definition) is 6. The Morgan fingerprint density at radius 1 is 1.03 bits per heavy atom. The largest absolute Gasteiger partial charge is 0.854 e. The Bertz CT molecular complexity index is 1350. The zero-order valence-electron chi connectivity index (χ0n) is 18.0. The van der Waals surface area contributed by atoms with Crippen molar-refractivity contribution in [3.8, 4) is 28.6 Å². The molecule has 5 rings (SSSR count). The number of carbonyl (C=O) groups is 1. The van der Waals surface area contributed by atoms with Crippen molar-refractivity contribution in [2.24, 2.45) is 0 Å². The molecule has 0 N–H and O–H groups in total. The van der Waals surface area contributed by atoms with Crippen molar-refractivity contribution < 1.29 is 19.3 Å². The van der Waals surface area contributed by atoms with E-state index in [4.69, 9.17) is 4.74 Å². The fourth-order valence-corrected chi connectivity index (χ4v) is 4.37. The van der Waals surface area contributed by atoms with Crippen LogP contribution in [0.2, 0.25) is 0 Å². The molecule has 1 aliphatic rings. The van der Waals surface area contributed by atoms with Gasteiger partial charge >= 0.3 is 0 Å². The second-order valence-corrected chi connectivity index (χ2v) is 8.24. The second-order valence-electron chi connectivity index (χ2n) is 7.46. The van der Waals surface area contributed by atoms with Crippen molar-refractivity contribution in [1.82, 2.24) is 10.1 Å². The van der Waals surface area contributed by atoms with Gasteiger partial charge in [0, 0.05) is 17.6 Å². The molecular formula is C25H20N4O3S. The van der Waals surface area contributed by atoms with Crippen molar-refractivity contribution in [2.45, 2.75) is 18.2 Å². The van der Waals surface area contributed by atoms with E-state index in [1.807, 2.05) is 85.1 Å². The number of para-hydroxylation sites is 2. The molecule has 164 valence electrons. The molecule has 1 amide bonds. The van der Waals surface area contributed by atoms with Crippen molar-refractivity contribution in [3.63, 3.8) is 0 Å². The molecule has 0 aliphatic carbocycles. The summed E-state index contributed by atoms with van der Waals surface area (Å²) < 4.78 is 7.62. The smallest absolute Gasteiger partial charge is 0.293 e. The van der Waals surface area contributed by atoms with Crippen LogP contribution < -0.4 is 19.4 Å². The van der Waals surface area contributed by atoms with Gasteiger partial charge in [-0.05, 0) is 48.7 Å². The lowest BCUT2D eigenvalue weighted by molar-refractivity contribution is -0.764. The third kappa shape index (κ3) is 3.78. The highest BCUT2D eigenvalue weighted by Gasteiger charge is 2.43. The third-order valence-electron chi connectivity index (χ3n) is 5.37. The number of anilines is 1. The fourth-order valence-electron chi connectivity index (χ4n) is 4.02. The zero-order chi connectivity index (χ0) is 22.9. The molecule has 1 unspecified atom stereocenters. The first-order chi connectivity index (χ1) is 16.1. The van der Waals surface area contributed by atoms with Gasteiger partial charge in [-0.25, -0.2) is 9.88 Å². The topological polar surface area (TPSA) is 82.3 Å². The van der Waals surface area contributed by atoms with E-state index >= 15 is 0 Å². The zero-order valence-corrected chi connectivity index (χ0v) is 18.8. The summed E-state index contributed by atoms with van der Waals surface area (Å²) in [5.41, 5.74) is 2.37. The number of thioether (sulfide) groups is 1. The average Bonchev–Trinajstić information content (AvgIpc) is 2.83. The van der Waals surface area contributed by atoms with Crippen LogP contribution in [0.4, 0.5) is 5.69 Å². The van der Waals surface area contributed by atoms with E-state index in [9.17, 15) is 9.90 Å². The summed E-state index contributed by atoms with van der Waals surface area (Å²) >= 11 is 1.28. The Kier molecular flexibility index (Phi) is 5.43. The molecule has 3 aromatic carbocycles. The second kappa shape index (κ2) is 8.55. The molecule has 7 nitrogen and oxygen atoms in total. The molecule has 0 bridgehead atoms. The van der Waals surface area contributed by atoms with E-state index in [0.29, 0.717) is 33.6 Å². The highest BCUT2D eigenvalue weighted by atomic mass is 32.2. The molecular weight excluding hydrogens is 436 g/mol. The lowest BCUT2D eigenvalue weighted by Crippen LogP contribution is -2.58. The molecule has 4 aromatic rings. The van der Waals surface area contributed by atoms with Crippen molar-refractivity contribution >= 4 is 23.4 Å². The van der Waals surface area contributed by atoms with Gasteiger partial charge in [-0.1, -0.05) is 52.8 Å². The number of carbonyl (C=O) groups excluding carboxylic acids is 1. The van der Waals surface area contributed by atoms with Gasteiger partial charge in [0.2, 0.25) is 5.91 Å². The molecule has 33 heavy (non-hydrogen) atoms. The van der Waals surface area contributed by atoms with Crippen molar-refractivity contribution in [3.05, 3.63) is 84.4 Å². The summed E-state index contributed by atoms with van der Waals surface area (Å²) in [6.07, 6.45) is 1.14. The molecule has 1 aliphatic heterocycles. The molecule has 2 heterocycles. The molecule has 0 saturated heterocycles. The number of fused-ring (bicyclic) bond motifs is 3. The minimum absolute atomic E-state index is 0.170.